The maximum atomic E-state index is 10.7. The second kappa shape index (κ2) is 6.43. The van der Waals surface area contributed by atoms with Crippen LogP contribution in [-0.4, -0.2) is 29.7 Å². The topological polar surface area (TPSA) is 46.5 Å². The zero-order valence-corrected chi connectivity index (χ0v) is 7.30. The average molecular weight is 181 g/mol. The van der Waals surface area contributed by atoms with Crippen LogP contribution >= 0.6 is 11.6 Å². The first-order valence-corrected chi connectivity index (χ1v) is 4.13. The number of halogens is 1. The molecule has 4 heteroatoms. The Morgan fingerprint density at radius 3 is 2.82 bits per heavy atom. The van der Waals surface area contributed by atoms with Gasteiger partial charge in [-0.25, -0.2) is 0 Å². The van der Waals surface area contributed by atoms with E-state index in [9.17, 15) is 4.79 Å². The van der Waals surface area contributed by atoms with Crippen LogP contribution in [0.4, 0.5) is 0 Å². The van der Waals surface area contributed by atoms with Gasteiger partial charge in [0.25, 0.3) is 0 Å². The maximum absolute atomic E-state index is 10.7. The van der Waals surface area contributed by atoms with Crippen LogP contribution < -0.4 is 0 Å². The van der Waals surface area contributed by atoms with Crippen molar-refractivity contribution >= 4 is 17.6 Å². The van der Waals surface area contributed by atoms with E-state index in [1.54, 1.807) is 0 Å². The minimum atomic E-state index is -0.738. The van der Waals surface area contributed by atoms with E-state index in [4.69, 9.17) is 16.7 Å². The van der Waals surface area contributed by atoms with E-state index >= 15 is 0 Å². The second-order valence-electron chi connectivity index (χ2n) is 2.24. The Morgan fingerprint density at radius 1 is 1.73 bits per heavy atom. The molecule has 3 nitrogen and oxygen atoms in total. The van der Waals surface area contributed by atoms with Crippen LogP contribution in [0.15, 0.2) is 0 Å². The fourth-order valence-corrected chi connectivity index (χ4v) is 0.599. The Labute approximate surface area is 71.3 Å². The quantitative estimate of drug-likeness (QED) is 0.506. The molecule has 11 heavy (non-hydrogen) atoms. The van der Waals surface area contributed by atoms with Crippen molar-refractivity contribution in [3.05, 3.63) is 0 Å². The highest BCUT2D eigenvalue weighted by atomic mass is 35.5. The van der Waals surface area contributed by atoms with E-state index in [1.165, 1.54) is 0 Å². The van der Waals surface area contributed by atoms with Gasteiger partial charge < -0.3 is 9.84 Å². The predicted molar refractivity (Wildman–Crippen MR) is 42.6 cm³/mol. The van der Waals surface area contributed by atoms with E-state index in [1.807, 2.05) is 6.92 Å². The minimum absolute atomic E-state index is 0.00231. The summed E-state index contributed by atoms with van der Waals surface area (Å²) in [5, 5.41) is 8.87. The van der Waals surface area contributed by atoms with Crippen molar-refractivity contribution in [2.24, 2.45) is 0 Å². The van der Waals surface area contributed by atoms with Gasteiger partial charge in [-0.3, -0.25) is 4.79 Å². The van der Waals surface area contributed by atoms with Crippen LogP contribution in [0.2, 0.25) is 0 Å². The highest BCUT2D eigenvalue weighted by Crippen LogP contribution is 1.94. The highest BCUT2D eigenvalue weighted by Gasteiger charge is 2.05. The Hall–Kier alpha value is -0.280. The van der Waals surface area contributed by atoms with Crippen LogP contribution in [0.5, 0.6) is 0 Å². The molecule has 0 aliphatic carbocycles. The Kier molecular flexibility index (Phi) is 6.27. The number of hydrogen-bond donors (Lipinski definition) is 1. The van der Waals surface area contributed by atoms with Crippen molar-refractivity contribution in [3.63, 3.8) is 0 Å². The second-order valence-corrected chi connectivity index (χ2v) is 2.55. The normalized spacial score (nSPS) is 12.6. The Morgan fingerprint density at radius 2 is 2.36 bits per heavy atom. The number of aliphatic hydroxyl groups excluding tert-OH is 1. The van der Waals surface area contributed by atoms with Crippen LogP contribution in [0.3, 0.4) is 0 Å². The molecule has 0 aromatic rings. The summed E-state index contributed by atoms with van der Waals surface area (Å²) >= 11 is 5.27. The average Bonchev–Trinajstić information content (AvgIpc) is 2.01. The zero-order valence-electron chi connectivity index (χ0n) is 6.55. The molecule has 0 spiro atoms. The fraction of sp³-hybridized carbons (Fsp3) is 0.857. The minimum Gasteiger partial charge on any atom is -0.463 e. The zero-order chi connectivity index (χ0) is 8.69. The third-order valence-electron chi connectivity index (χ3n) is 1.07. The van der Waals surface area contributed by atoms with Gasteiger partial charge in [-0.05, 0) is 6.42 Å². The van der Waals surface area contributed by atoms with Crippen LogP contribution in [-0.2, 0) is 9.53 Å². The van der Waals surface area contributed by atoms with Gasteiger partial charge in [-0.2, -0.15) is 0 Å². The molecule has 1 N–H and O–H groups in total. The standard InChI is InChI=1S/C7H13ClO3/c1-2-3-7(10)11-5-6(9)4-8/h6,9H,2-5H2,1H3/t6-/m0/s1. The van der Waals surface area contributed by atoms with Crippen LogP contribution in [0.1, 0.15) is 19.8 Å². The number of carbonyl (C=O) groups excluding carboxylic acids is 1. The molecule has 0 bridgehead atoms. The molecule has 0 unspecified atom stereocenters. The lowest BCUT2D eigenvalue weighted by Gasteiger charge is -2.06. The number of hydrogen-bond acceptors (Lipinski definition) is 3. The molecule has 0 aromatic heterocycles. The SMILES string of the molecule is CCCC(=O)OC[C@@H](O)CCl. The predicted octanol–water partition coefficient (Wildman–Crippen LogP) is 0.929. The van der Waals surface area contributed by atoms with Gasteiger partial charge in [-0.1, -0.05) is 6.92 Å². The lowest BCUT2D eigenvalue weighted by atomic mass is 10.3. The summed E-state index contributed by atoms with van der Waals surface area (Å²) in [6.07, 6.45) is 0.419. The van der Waals surface area contributed by atoms with Crippen LogP contribution in [0, 0.1) is 0 Å². The van der Waals surface area contributed by atoms with Gasteiger partial charge in [0.15, 0.2) is 0 Å². The third kappa shape index (κ3) is 6.13. The molecule has 0 aromatic carbocycles. The Bertz CT molecular complexity index is 116. The smallest absolute Gasteiger partial charge is 0.305 e. The largest absolute Gasteiger partial charge is 0.463 e. The van der Waals surface area contributed by atoms with Crippen molar-refractivity contribution in [1.82, 2.24) is 0 Å². The van der Waals surface area contributed by atoms with E-state index in [2.05, 4.69) is 4.74 Å². The monoisotopic (exact) mass is 180 g/mol. The summed E-state index contributed by atoms with van der Waals surface area (Å²) in [6, 6.07) is 0. The maximum Gasteiger partial charge on any atom is 0.305 e. The number of alkyl halides is 1. The summed E-state index contributed by atoms with van der Waals surface area (Å²) in [7, 11) is 0. The Balaban J connectivity index is 3.30. The third-order valence-corrected chi connectivity index (χ3v) is 1.43. The van der Waals surface area contributed by atoms with Gasteiger partial charge in [0.1, 0.15) is 12.7 Å². The first-order valence-electron chi connectivity index (χ1n) is 3.60. The van der Waals surface area contributed by atoms with Crippen molar-refractivity contribution in [1.29, 1.82) is 0 Å². The fourth-order valence-electron chi connectivity index (χ4n) is 0.510. The molecule has 0 fully saturated rings. The molecular formula is C7H13ClO3. The summed E-state index contributed by atoms with van der Waals surface area (Å²) in [5.41, 5.74) is 0. The summed E-state index contributed by atoms with van der Waals surface area (Å²) in [6.45, 7) is 1.89. The highest BCUT2D eigenvalue weighted by molar-refractivity contribution is 6.18. The number of esters is 1. The molecule has 0 saturated heterocycles. The molecule has 0 aliphatic heterocycles. The number of aliphatic hydroxyl groups is 1. The van der Waals surface area contributed by atoms with Crippen molar-refractivity contribution in [2.45, 2.75) is 25.9 Å². The lowest BCUT2D eigenvalue weighted by molar-refractivity contribution is -0.146. The summed E-state index contributed by atoms with van der Waals surface area (Å²) in [5.74, 6) is -0.184. The van der Waals surface area contributed by atoms with Crippen molar-refractivity contribution < 1.29 is 14.6 Å². The van der Waals surface area contributed by atoms with Crippen molar-refractivity contribution in [3.8, 4) is 0 Å². The molecule has 0 aliphatic rings. The molecule has 66 valence electrons. The van der Waals surface area contributed by atoms with Gasteiger partial charge in [0.05, 0.1) is 5.88 Å². The number of rotatable bonds is 5. The lowest BCUT2D eigenvalue weighted by Crippen LogP contribution is -2.19. The van der Waals surface area contributed by atoms with Gasteiger partial charge in [-0.15, -0.1) is 11.6 Å². The molecule has 0 saturated carbocycles. The molecule has 0 radical (unpaired) electrons. The first-order chi connectivity index (χ1) is 5.20. The molecular weight excluding hydrogens is 168 g/mol. The van der Waals surface area contributed by atoms with E-state index in [0.29, 0.717) is 6.42 Å². The van der Waals surface area contributed by atoms with Gasteiger partial charge in [0, 0.05) is 6.42 Å². The van der Waals surface area contributed by atoms with Gasteiger partial charge in [0.2, 0.25) is 0 Å². The number of carbonyl (C=O) groups is 1. The van der Waals surface area contributed by atoms with E-state index < -0.39 is 6.10 Å². The van der Waals surface area contributed by atoms with Crippen molar-refractivity contribution in [2.75, 3.05) is 12.5 Å². The van der Waals surface area contributed by atoms with E-state index in [-0.39, 0.29) is 18.5 Å². The molecule has 0 amide bonds. The number of ether oxygens (including phenoxy) is 1. The van der Waals surface area contributed by atoms with Crippen LogP contribution in [0.25, 0.3) is 0 Å². The van der Waals surface area contributed by atoms with Gasteiger partial charge >= 0.3 is 5.97 Å². The molecule has 1 atom stereocenters. The van der Waals surface area contributed by atoms with E-state index in [0.717, 1.165) is 6.42 Å². The first kappa shape index (κ1) is 10.7. The molecule has 0 heterocycles. The summed E-state index contributed by atoms with van der Waals surface area (Å²) in [4.78, 5) is 10.7. The molecule has 0 rings (SSSR count). The summed E-state index contributed by atoms with van der Waals surface area (Å²) < 4.78 is 4.66.